The Morgan fingerprint density at radius 1 is 0.933 bits per heavy atom. The highest BCUT2D eigenvalue weighted by Gasteiger charge is 2.26. The quantitative estimate of drug-likeness (QED) is 0.552. The van der Waals surface area contributed by atoms with Gasteiger partial charge in [0, 0.05) is 6.42 Å². The minimum atomic E-state index is -1.02. The molecule has 0 aromatic heterocycles. The van der Waals surface area contributed by atoms with E-state index in [0.717, 1.165) is 39.8 Å². The smallest absolute Gasteiger partial charge is 0.335 e. The fourth-order valence-corrected chi connectivity index (χ4v) is 3.93. The van der Waals surface area contributed by atoms with Crippen LogP contribution in [0.15, 0.2) is 30.8 Å². The van der Waals surface area contributed by atoms with Crippen LogP contribution >= 0.6 is 0 Å². The normalized spacial score (nSPS) is 12.1. The number of carboxylic acid groups (broad SMARTS) is 1. The van der Waals surface area contributed by atoms with Gasteiger partial charge in [-0.25, -0.2) is 4.79 Å². The Bertz CT molecular complexity index is 983. The van der Waals surface area contributed by atoms with E-state index < -0.39 is 5.97 Å². The minimum absolute atomic E-state index is 0.0945. The summed E-state index contributed by atoms with van der Waals surface area (Å²) in [5.41, 5.74) is 6.16. The van der Waals surface area contributed by atoms with Gasteiger partial charge in [0.1, 0.15) is 5.75 Å². The van der Waals surface area contributed by atoms with Crippen molar-refractivity contribution in [2.45, 2.75) is 79.1 Å². The second-order valence-corrected chi connectivity index (χ2v) is 10.3. The number of aromatic hydroxyl groups is 1. The molecule has 30 heavy (non-hydrogen) atoms. The zero-order valence-electron chi connectivity index (χ0n) is 19.7. The molecule has 162 valence electrons. The van der Waals surface area contributed by atoms with Crippen molar-refractivity contribution in [1.82, 2.24) is 0 Å². The Morgan fingerprint density at radius 2 is 1.50 bits per heavy atom. The molecule has 3 heteroatoms. The van der Waals surface area contributed by atoms with Crippen molar-refractivity contribution >= 4 is 11.5 Å². The van der Waals surface area contributed by atoms with Gasteiger partial charge in [0.05, 0.1) is 5.57 Å². The van der Waals surface area contributed by atoms with Crippen LogP contribution in [-0.4, -0.2) is 16.2 Å². The molecule has 0 atom stereocenters. The average Bonchev–Trinajstić information content (AvgIpc) is 2.60. The van der Waals surface area contributed by atoms with Gasteiger partial charge < -0.3 is 10.2 Å². The summed E-state index contributed by atoms with van der Waals surface area (Å²) < 4.78 is 0. The molecule has 3 nitrogen and oxygen atoms in total. The van der Waals surface area contributed by atoms with Crippen LogP contribution in [-0.2, 0) is 28.5 Å². The van der Waals surface area contributed by atoms with E-state index in [4.69, 9.17) is 0 Å². The monoisotopic (exact) mass is 408 g/mol. The van der Waals surface area contributed by atoms with Crippen LogP contribution in [0, 0.1) is 6.92 Å². The van der Waals surface area contributed by atoms with Gasteiger partial charge in [-0.2, -0.15) is 0 Å². The van der Waals surface area contributed by atoms with E-state index in [9.17, 15) is 15.0 Å². The van der Waals surface area contributed by atoms with Crippen LogP contribution in [0.1, 0.15) is 87.4 Å². The largest absolute Gasteiger partial charge is 0.507 e. The maximum Gasteiger partial charge on any atom is 0.335 e. The van der Waals surface area contributed by atoms with E-state index in [1.807, 2.05) is 19.1 Å². The maximum absolute atomic E-state index is 11.9. The van der Waals surface area contributed by atoms with Gasteiger partial charge in [-0.1, -0.05) is 84.9 Å². The Balaban J connectivity index is 2.79. The number of hydrogen-bond donors (Lipinski definition) is 2. The van der Waals surface area contributed by atoms with Crippen LogP contribution in [0.3, 0.4) is 0 Å². The Kier molecular flexibility index (Phi) is 6.56. The van der Waals surface area contributed by atoms with E-state index in [-0.39, 0.29) is 16.4 Å². The zero-order chi connectivity index (χ0) is 23.0. The number of phenolic OH excluding ortho intramolecular Hbond substituents is 1. The van der Waals surface area contributed by atoms with Crippen molar-refractivity contribution in [1.29, 1.82) is 0 Å². The average molecular weight is 409 g/mol. The zero-order valence-corrected chi connectivity index (χ0v) is 19.7. The first-order valence-corrected chi connectivity index (χ1v) is 10.6. The van der Waals surface area contributed by atoms with E-state index in [0.29, 0.717) is 17.7 Å². The lowest BCUT2D eigenvalue weighted by atomic mass is 9.77. The topological polar surface area (TPSA) is 57.5 Å². The molecule has 0 unspecified atom stereocenters. The lowest BCUT2D eigenvalue weighted by Crippen LogP contribution is -2.18. The molecule has 0 aliphatic heterocycles. The fraction of sp³-hybridized carbons (Fsp3) is 0.444. The molecular weight excluding hydrogens is 372 g/mol. The van der Waals surface area contributed by atoms with Gasteiger partial charge >= 0.3 is 5.97 Å². The third kappa shape index (κ3) is 4.95. The number of carboxylic acids is 1. The van der Waals surface area contributed by atoms with E-state index >= 15 is 0 Å². The summed E-state index contributed by atoms with van der Waals surface area (Å²) in [5, 5.41) is 20.8. The highest BCUT2D eigenvalue weighted by molar-refractivity contribution is 6.15. The predicted octanol–water partition coefficient (Wildman–Crippen LogP) is 6.55. The number of carbonyl (C=O) groups is 1. The SMILES string of the molecule is C=C(C(=O)O)c1c(Cc2cc(CC)cc(C(C)(C)C)c2O)cc(C)cc1C(C)(C)C. The maximum atomic E-state index is 11.9. The van der Waals surface area contributed by atoms with Crippen molar-refractivity contribution in [3.63, 3.8) is 0 Å². The third-order valence-corrected chi connectivity index (χ3v) is 5.58. The van der Waals surface area contributed by atoms with E-state index in [1.165, 1.54) is 0 Å². The van der Waals surface area contributed by atoms with Crippen molar-refractivity contribution in [2.24, 2.45) is 0 Å². The summed E-state index contributed by atoms with van der Waals surface area (Å²) in [5.74, 6) is -0.724. The molecule has 0 fully saturated rings. The summed E-state index contributed by atoms with van der Waals surface area (Å²) in [7, 11) is 0. The molecule has 0 spiro atoms. The molecule has 0 saturated carbocycles. The molecular formula is C27H36O3. The second kappa shape index (κ2) is 8.29. The van der Waals surface area contributed by atoms with Gasteiger partial charge in [0.2, 0.25) is 0 Å². The summed E-state index contributed by atoms with van der Waals surface area (Å²) in [6, 6.07) is 8.19. The number of aliphatic carboxylic acids is 1. The lowest BCUT2D eigenvalue weighted by molar-refractivity contribution is -0.130. The standard InChI is InChI=1S/C27H36O3/c1-10-18-13-20(24(28)22(14-18)27(7,8)9)15-19-11-16(2)12-21(26(4,5)6)23(19)17(3)25(29)30/h11-14,28H,3,10,15H2,1-2,4-9H3,(H,29,30). The molecule has 0 saturated heterocycles. The lowest BCUT2D eigenvalue weighted by Gasteiger charge is -2.27. The molecule has 2 N–H and O–H groups in total. The summed E-state index contributed by atoms with van der Waals surface area (Å²) in [4.78, 5) is 11.9. The van der Waals surface area contributed by atoms with E-state index in [1.54, 1.807) is 0 Å². The van der Waals surface area contributed by atoms with Gasteiger partial charge in [-0.15, -0.1) is 0 Å². The van der Waals surface area contributed by atoms with Crippen LogP contribution < -0.4 is 0 Å². The van der Waals surface area contributed by atoms with Gasteiger partial charge in [-0.3, -0.25) is 0 Å². The van der Waals surface area contributed by atoms with Gasteiger partial charge in [0.25, 0.3) is 0 Å². The van der Waals surface area contributed by atoms with Crippen molar-refractivity contribution in [3.8, 4) is 5.75 Å². The minimum Gasteiger partial charge on any atom is -0.507 e. The molecule has 0 radical (unpaired) electrons. The fourth-order valence-electron chi connectivity index (χ4n) is 3.93. The number of phenols is 1. The van der Waals surface area contributed by atoms with Crippen LogP contribution in [0.5, 0.6) is 5.75 Å². The predicted molar refractivity (Wildman–Crippen MR) is 126 cm³/mol. The van der Waals surface area contributed by atoms with Crippen LogP contribution in [0.2, 0.25) is 0 Å². The van der Waals surface area contributed by atoms with Crippen molar-refractivity contribution in [2.75, 3.05) is 0 Å². The number of benzene rings is 2. The number of hydrogen-bond acceptors (Lipinski definition) is 2. The Morgan fingerprint density at radius 3 is 1.97 bits per heavy atom. The highest BCUT2D eigenvalue weighted by atomic mass is 16.4. The molecule has 0 bridgehead atoms. The van der Waals surface area contributed by atoms with Gasteiger partial charge in [-0.05, 0) is 57.6 Å². The summed E-state index contributed by atoms with van der Waals surface area (Å²) in [6.07, 6.45) is 1.32. The summed E-state index contributed by atoms with van der Waals surface area (Å²) in [6.45, 7) is 20.5. The second-order valence-electron chi connectivity index (χ2n) is 10.3. The molecule has 2 rings (SSSR count). The molecule has 0 aliphatic carbocycles. The van der Waals surface area contributed by atoms with E-state index in [2.05, 4.69) is 67.2 Å². The molecule has 0 heterocycles. The number of aryl methyl sites for hydroxylation is 2. The first-order chi connectivity index (χ1) is 13.7. The highest BCUT2D eigenvalue weighted by Crippen LogP contribution is 2.39. The third-order valence-electron chi connectivity index (χ3n) is 5.58. The van der Waals surface area contributed by atoms with Gasteiger partial charge in [0.15, 0.2) is 0 Å². The molecule has 2 aromatic rings. The first kappa shape index (κ1) is 23.7. The van der Waals surface area contributed by atoms with Crippen molar-refractivity contribution in [3.05, 3.63) is 69.8 Å². The van der Waals surface area contributed by atoms with Crippen molar-refractivity contribution < 1.29 is 15.0 Å². The molecule has 2 aromatic carbocycles. The number of rotatable bonds is 5. The first-order valence-electron chi connectivity index (χ1n) is 10.6. The molecule has 0 amide bonds. The van der Waals surface area contributed by atoms with Crippen LogP contribution in [0.25, 0.3) is 5.57 Å². The Labute approximate surface area is 181 Å². The molecule has 0 aliphatic rings. The van der Waals surface area contributed by atoms with Crippen LogP contribution in [0.4, 0.5) is 0 Å². The Hall–Kier alpha value is -2.55. The summed E-state index contributed by atoms with van der Waals surface area (Å²) >= 11 is 0.